The van der Waals surface area contributed by atoms with Crippen LogP contribution < -0.4 is 9.50 Å². The molecule has 1 aromatic heterocycles. The van der Waals surface area contributed by atoms with Crippen LogP contribution in [0.3, 0.4) is 0 Å². The number of aromatic nitrogens is 2. The molecule has 0 aliphatic heterocycles. The van der Waals surface area contributed by atoms with Gasteiger partial charge in [0.2, 0.25) is 0 Å². The SMILES string of the molecule is Cn1cc(C(=O)NC2CCCC2)c(OS(C)(=O)=O)n1. The Balaban J connectivity index is 2.16. The van der Waals surface area contributed by atoms with Crippen LogP contribution in [-0.4, -0.2) is 36.4 Å². The van der Waals surface area contributed by atoms with Crippen LogP contribution >= 0.6 is 0 Å². The molecule has 0 radical (unpaired) electrons. The number of hydrogen-bond acceptors (Lipinski definition) is 5. The maximum Gasteiger partial charge on any atom is 0.307 e. The van der Waals surface area contributed by atoms with Crippen LogP contribution in [0, 0.1) is 0 Å². The normalized spacial score (nSPS) is 16.5. The average Bonchev–Trinajstić information content (AvgIpc) is 2.86. The van der Waals surface area contributed by atoms with E-state index in [-0.39, 0.29) is 23.4 Å². The van der Waals surface area contributed by atoms with Gasteiger partial charge in [0, 0.05) is 19.3 Å². The zero-order valence-corrected chi connectivity index (χ0v) is 11.7. The van der Waals surface area contributed by atoms with Gasteiger partial charge in [-0.25, -0.2) is 0 Å². The molecule has 0 spiro atoms. The van der Waals surface area contributed by atoms with Gasteiger partial charge in [-0.3, -0.25) is 9.48 Å². The Labute approximate surface area is 112 Å². The fraction of sp³-hybridized carbons (Fsp3) is 0.636. The van der Waals surface area contributed by atoms with E-state index in [4.69, 9.17) is 4.18 Å². The highest BCUT2D eigenvalue weighted by molar-refractivity contribution is 7.86. The van der Waals surface area contributed by atoms with E-state index in [1.54, 1.807) is 7.05 Å². The first-order valence-electron chi connectivity index (χ1n) is 6.09. The van der Waals surface area contributed by atoms with Gasteiger partial charge in [0.1, 0.15) is 5.56 Å². The minimum Gasteiger partial charge on any atom is -0.359 e. The zero-order valence-electron chi connectivity index (χ0n) is 10.9. The summed E-state index contributed by atoms with van der Waals surface area (Å²) >= 11 is 0. The Morgan fingerprint density at radius 1 is 1.47 bits per heavy atom. The summed E-state index contributed by atoms with van der Waals surface area (Å²) in [6.07, 6.45) is 6.48. The maximum absolute atomic E-state index is 12.1. The van der Waals surface area contributed by atoms with Crippen LogP contribution in [-0.2, 0) is 17.2 Å². The number of amides is 1. The summed E-state index contributed by atoms with van der Waals surface area (Å²) < 4.78 is 28.3. The molecule has 0 atom stereocenters. The lowest BCUT2D eigenvalue weighted by atomic mass is 10.2. The predicted octanol–water partition coefficient (Wildman–Crippen LogP) is 0.431. The predicted molar refractivity (Wildman–Crippen MR) is 68.4 cm³/mol. The van der Waals surface area contributed by atoms with Gasteiger partial charge in [-0.2, -0.15) is 8.42 Å². The lowest BCUT2D eigenvalue weighted by molar-refractivity contribution is 0.0936. The quantitative estimate of drug-likeness (QED) is 0.811. The molecular weight excluding hydrogens is 270 g/mol. The Kier molecular flexibility index (Phi) is 3.79. The molecule has 19 heavy (non-hydrogen) atoms. The molecule has 0 aromatic carbocycles. The molecule has 0 unspecified atom stereocenters. The summed E-state index contributed by atoms with van der Waals surface area (Å²) in [4.78, 5) is 12.1. The van der Waals surface area contributed by atoms with Gasteiger partial charge in [0.25, 0.3) is 11.8 Å². The molecule has 0 bridgehead atoms. The Morgan fingerprint density at radius 3 is 2.68 bits per heavy atom. The molecule has 7 nitrogen and oxygen atoms in total. The van der Waals surface area contributed by atoms with E-state index >= 15 is 0 Å². The Hall–Kier alpha value is -1.57. The third kappa shape index (κ3) is 3.69. The molecule has 1 aliphatic rings. The van der Waals surface area contributed by atoms with E-state index < -0.39 is 10.1 Å². The topological polar surface area (TPSA) is 90.3 Å². The van der Waals surface area contributed by atoms with Crippen molar-refractivity contribution in [3.05, 3.63) is 11.8 Å². The van der Waals surface area contributed by atoms with Crippen LogP contribution in [0.2, 0.25) is 0 Å². The van der Waals surface area contributed by atoms with Gasteiger partial charge in [0.05, 0.1) is 6.26 Å². The lowest BCUT2D eigenvalue weighted by Crippen LogP contribution is -2.32. The number of carbonyl (C=O) groups excluding carboxylic acids is 1. The van der Waals surface area contributed by atoms with Gasteiger partial charge in [-0.05, 0) is 12.8 Å². The van der Waals surface area contributed by atoms with E-state index in [0.717, 1.165) is 31.9 Å². The molecule has 1 N–H and O–H groups in total. The van der Waals surface area contributed by atoms with Gasteiger partial charge < -0.3 is 9.50 Å². The standard InChI is InChI=1S/C11H17N3O4S/c1-14-7-9(11(13-14)18-19(2,16)17)10(15)12-8-5-3-4-6-8/h7-8H,3-6H2,1-2H3,(H,12,15). The van der Waals surface area contributed by atoms with Gasteiger partial charge in [0.15, 0.2) is 0 Å². The maximum atomic E-state index is 12.1. The second-order valence-corrected chi connectivity index (χ2v) is 6.34. The molecule has 106 valence electrons. The second kappa shape index (κ2) is 5.20. The first-order chi connectivity index (χ1) is 8.85. The highest BCUT2D eigenvalue weighted by Crippen LogP contribution is 2.21. The fourth-order valence-corrected chi connectivity index (χ4v) is 2.57. The lowest BCUT2D eigenvalue weighted by Gasteiger charge is -2.11. The molecule has 1 heterocycles. The van der Waals surface area contributed by atoms with E-state index in [9.17, 15) is 13.2 Å². The van der Waals surface area contributed by atoms with Crippen LogP contribution in [0.1, 0.15) is 36.0 Å². The molecule has 1 amide bonds. The Morgan fingerprint density at radius 2 is 2.11 bits per heavy atom. The third-order valence-corrected chi connectivity index (χ3v) is 3.42. The number of nitrogens with one attached hydrogen (secondary N) is 1. The Bertz CT molecular complexity index is 573. The van der Waals surface area contributed by atoms with Crippen LogP contribution in [0.15, 0.2) is 6.20 Å². The number of aryl methyl sites for hydroxylation is 1. The molecule has 1 aromatic rings. The van der Waals surface area contributed by atoms with Gasteiger partial charge >= 0.3 is 10.1 Å². The summed E-state index contributed by atoms with van der Waals surface area (Å²) in [5.74, 6) is -0.529. The van der Waals surface area contributed by atoms with Crippen LogP contribution in [0.4, 0.5) is 0 Å². The van der Waals surface area contributed by atoms with Crippen molar-refractivity contribution in [3.63, 3.8) is 0 Å². The van der Waals surface area contributed by atoms with Crippen molar-refractivity contribution in [2.24, 2.45) is 7.05 Å². The van der Waals surface area contributed by atoms with Crippen molar-refractivity contribution in [3.8, 4) is 5.88 Å². The molecule has 1 fully saturated rings. The van der Waals surface area contributed by atoms with E-state index in [2.05, 4.69) is 10.4 Å². The summed E-state index contributed by atoms with van der Waals surface area (Å²) in [5, 5.41) is 6.71. The average molecular weight is 287 g/mol. The third-order valence-electron chi connectivity index (χ3n) is 2.96. The fourth-order valence-electron chi connectivity index (χ4n) is 2.16. The van der Waals surface area contributed by atoms with Crippen LogP contribution in [0.5, 0.6) is 5.88 Å². The summed E-state index contributed by atoms with van der Waals surface area (Å²) in [6.45, 7) is 0. The van der Waals surface area contributed by atoms with Crippen molar-refractivity contribution in [1.82, 2.24) is 15.1 Å². The highest BCUT2D eigenvalue weighted by atomic mass is 32.2. The van der Waals surface area contributed by atoms with Crippen molar-refractivity contribution in [2.45, 2.75) is 31.7 Å². The largest absolute Gasteiger partial charge is 0.359 e. The van der Waals surface area contributed by atoms with Crippen molar-refractivity contribution < 1.29 is 17.4 Å². The minimum atomic E-state index is -3.70. The number of carbonyl (C=O) groups is 1. The second-order valence-electron chi connectivity index (χ2n) is 4.76. The van der Waals surface area contributed by atoms with Crippen molar-refractivity contribution >= 4 is 16.0 Å². The summed E-state index contributed by atoms with van der Waals surface area (Å²) in [7, 11) is -2.10. The molecule has 1 saturated carbocycles. The first kappa shape index (κ1) is 13.9. The molecular formula is C11H17N3O4S. The number of rotatable bonds is 4. The zero-order chi connectivity index (χ0) is 14.0. The monoisotopic (exact) mass is 287 g/mol. The molecule has 0 saturated heterocycles. The summed E-state index contributed by atoms with van der Waals surface area (Å²) in [6, 6.07) is 0.152. The molecule has 1 aliphatic carbocycles. The van der Waals surface area contributed by atoms with Gasteiger partial charge in [-0.15, -0.1) is 5.10 Å². The summed E-state index contributed by atoms with van der Waals surface area (Å²) in [5.41, 5.74) is 0.139. The van der Waals surface area contributed by atoms with Crippen molar-refractivity contribution in [1.29, 1.82) is 0 Å². The first-order valence-corrected chi connectivity index (χ1v) is 7.91. The van der Waals surface area contributed by atoms with Gasteiger partial charge in [-0.1, -0.05) is 12.8 Å². The molecule has 8 heteroatoms. The van der Waals surface area contributed by atoms with Crippen molar-refractivity contribution in [2.75, 3.05) is 6.26 Å². The molecule has 2 rings (SSSR count). The number of nitrogens with zero attached hydrogens (tertiary/aromatic N) is 2. The van der Waals surface area contributed by atoms with E-state index in [1.807, 2.05) is 0 Å². The minimum absolute atomic E-state index is 0.139. The van der Waals surface area contributed by atoms with E-state index in [1.165, 1.54) is 10.9 Å². The smallest absolute Gasteiger partial charge is 0.307 e. The van der Waals surface area contributed by atoms with E-state index in [0.29, 0.717) is 0 Å². The highest BCUT2D eigenvalue weighted by Gasteiger charge is 2.24. The van der Waals surface area contributed by atoms with Crippen LogP contribution in [0.25, 0.3) is 0 Å². The number of hydrogen-bond donors (Lipinski definition) is 1.